The van der Waals surface area contributed by atoms with E-state index in [2.05, 4.69) is 6.58 Å². The van der Waals surface area contributed by atoms with Crippen LogP contribution >= 0.6 is 0 Å². The lowest BCUT2D eigenvalue weighted by atomic mass is 10.3. The molecule has 0 saturated heterocycles. The average molecular weight is 227 g/mol. The van der Waals surface area contributed by atoms with Crippen LogP contribution in [0.3, 0.4) is 0 Å². The number of hydrogen-bond donors (Lipinski definition) is 0. The van der Waals surface area contributed by atoms with Gasteiger partial charge in [0.2, 0.25) is 5.91 Å². The molecule has 4 heteroatoms. The molecular formula is C12H21NO3. The summed E-state index contributed by atoms with van der Waals surface area (Å²) in [5.41, 5.74) is 0. The van der Waals surface area contributed by atoms with Crippen molar-refractivity contribution in [2.24, 2.45) is 0 Å². The molecule has 92 valence electrons. The van der Waals surface area contributed by atoms with Crippen LogP contribution in [0.4, 0.5) is 0 Å². The molecule has 0 unspecified atom stereocenters. The van der Waals surface area contributed by atoms with Crippen LogP contribution in [0.1, 0.15) is 33.6 Å². The first kappa shape index (κ1) is 14.7. The van der Waals surface area contributed by atoms with E-state index in [1.54, 1.807) is 11.8 Å². The van der Waals surface area contributed by atoms with Crippen molar-refractivity contribution in [2.45, 2.75) is 39.7 Å². The van der Waals surface area contributed by atoms with Crippen molar-refractivity contribution in [3.63, 3.8) is 0 Å². The number of esters is 1. The van der Waals surface area contributed by atoms with Crippen LogP contribution in [-0.2, 0) is 14.3 Å². The Morgan fingerprint density at radius 2 is 2.06 bits per heavy atom. The first-order valence-corrected chi connectivity index (χ1v) is 5.61. The summed E-state index contributed by atoms with van der Waals surface area (Å²) in [6, 6.07) is 0.132. The highest BCUT2D eigenvalue weighted by molar-refractivity contribution is 5.87. The van der Waals surface area contributed by atoms with Gasteiger partial charge in [0.15, 0.2) is 0 Å². The van der Waals surface area contributed by atoms with Gasteiger partial charge in [0.1, 0.15) is 0 Å². The van der Waals surface area contributed by atoms with Crippen molar-refractivity contribution in [1.29, 1.82) is 0 Å². The molecule has 4 nitrogen and oxygen atoms in total. The van der Waals surface area contributed by atoms with Crippen molar-refractivity contribution in [1.82, 2.24) is 4.90 Å². The number of rotatable bonds is 7. The summed E-state index contributed by atoms with van der Waals surface area (Å²) in [5.74, 6) is -0.289. The van der Waals surface area contributed by atoms with E-state index in [0.717, 1.165) is 0 Å². The van der Waals surface area contributed by atoms with E-state index in [1.807, 2.05) is 13.8 Å². The molecule has 0 fully saturated rings. The largest absolute Gasteiger partial charge is 0.466 e. The number of ether oxygens (including phenoxy) is 1. The van der Waals surface area contributed by atoms with E-state index >= 15 is 0 Å². The van der Waals surface area contributed by atoms with Gasteiger partial charge in [-0.3, -0.25) is 9.59 Å². The Morgan fingerprint density at radius 1 is 1.44 bits per heavy atom. The zero-order valence-corrected chi connectivity index (χ0v) is 10.4. The van der Waals surface area contributed by atoms with E-state index in [0.29, 0.717) is 26.0 Å². The van der Waals surface area contributed by atoms with Crippen molar-refractivity contribution in [3.8, 4) is 0 Å². The number of amides is 1. The molecule has 0 aromatic heterocycles. The summed E-state index contributed by atoms with van der Waals surface area (Å²) in [4.78, 5) is 24.0. The van der Waals surface area contributed by atoms with Crippen LogP contribution in [0.2, 0.25) is 0 Å². The molecule has 16 heavy (non-hydrogen) atoms. The lowest BCUT2D eigenvalue weighted by molar-refractivity contribution is -0.143. The molecule has 0 atom stereocenters. The Morgan fingerprint density at radius 3 is 2.50 bits per heavy atom. The van der Waals surface area contributed by atoms with Crippen LogP contribution in [0.15, 0.2) is 12.7 Å². The zero-order chi connectivity index (χ0) is 12.6. The average Bonchev–Trinajstić information content (AvgIpc) is 2.27. The quantitative estimate of drug-likeness (QED) is 0.378. The van der Waals surface area contributed by atoms with Gasteiger partial charge in [-0.2, -0.15) is 0 Å². The molecule has 0 spiro atoms. The Bertz CT molecular complexity index is 249. The Hall–Kier alpha value is -1.32. The molecule has 0 aromatic carbocycles. The third kappa shape index (κ3) is 5.53. The summed E-state index contributed by atoms with van der Waals surface area (Å²) in [6.45, 7) is 10.0. The first-order valence-electron chi connectivity index (χ1n) is 5.61. The summed E-state index contributed by atoms with van der Waals surface area (Å²) in [7, 11) is 0. The maximum atomic E-state index is 11.4. The van der Waals surface area contributed by atoms with Crippen LogP contribution in [0, 0.1) is 0 Å². The number of hydrogen-bond acceptors (Lipinski definition) is 3. The lowest BCUT2D eigenvalue weighted by Crippen LogP contribution is -2.36. The summed E-state index contributed by atoms with van der Waals surface area (Å²) < 4.78 is 4.93. The number of nitrogens with zero attached hydrogens (tertiary/aromatic N) is 1. The summed E-state index contributed by atoms with van der Waals surface area (Å²) in [5, 5.41) is 0. The second kappa shape index (κ2) is 7.91. The Labute approximate surface area is 97.3 Å². The van der Waals surface area contributed by atoms with Gasteiger partial charge in [-0.05, 0) is 26.3 Å². The molecule has 0 heterocycles. The standard InChI is InChI=1S/C12H21NO3/c1-5-11(14)13(10(3)4)8-7-9-16-12(15)6-2/h5,10H,1,6-9H2,2-4H3. The third-order valence-electron chi connectivity index (χ3n) is 2.18. The van der Waals surface area contributed by atoms with Crippen LogP contribution in [0.25, 0.3) is 0 Å². The second-order valence-electron chi connectivity index (χ2n) is 3.76. The maximum Gasteiger partial charge on any atom is 0.305 e. The minimum Gasteiger partial charge on any atom is -0.466 e. The van der Waals surface area contributed by atoms with E-state index < -0.39 is 0 Å². The molecule has 0 aromatic rings. The van der Waals surface area contributed by atoms with Crippen molar-refractivity contribution >= 4 is 11.9 Å². The topological polar surface area (TPSA) is 46.6 Å². The van der Waals surface area contributed by atoms with E-state index in [-0.39, 0.29) is 17.9 Å². The molecule has 0 N–H and O–H groups in total. The summed E-state index contributed by atoms with van der Waals surface area (Å²) >= 11 is 0. The molecule has 0 radical (unpaired) electrons. The molecule has 0 aliphatic rings. The normalized spacial score (nSPS) is 10.0. The fourth-order valence-corrected chi connectivity index (χ4v) is 1.26. The monoisotopic (exact) mass is 227 g/mol. The van der Waals surface area contributed by atoms with Gasteiger partial charge in [0, 0.05) is 19.0 Å². The fourth-order valence-electron chi connectivity index (χ4n) is 1.26. The Kier molecular flexibility index (Phi) is 7.25. The van der Waals surface area contributed by atoms with E-state index in [1.165, 1.54) is 6.08 Å². The molecule has 0 aliphatic carbocycles. The van der Waals surface area contributed by atoms with Gasteiger partial charge in [-0.1, -0.05) is 13.5 Å². The molecular weight excluding hydrogens is 206 g/mol. The van der Waals surface area contributed by atoms with Crippen LogP contribution < -0.4 is 0 Å². The number of carbonyl (C=O) groups is 2. The predicted octanol–water partition coefficient (Wildman–Crippen LogP) is 1.75. The van der Waals surface area contributed by atoms with Crippen molar-refractivity contribution in [3.05, 3.63) is 12.7 Å². The number of carbonyl (C=O) groups excluding carboxylic acids is 2. The van der Waals surface area contributed by atoms with E-state index in [9.17, 15) is 9.59 Å². The highest BCUT2D eigenvalue weighted by Crippen LogP contribution is 2.01. The summed E-state index contributed by atoms with van der Waals surface area (Å²) in [6.07, 6.45) is 2.35. The molecule has 0 bridgehead atoms. The van der Waals surface area contributed by atoms with Gasteiger partial charge in [0.05, 0.1) is 6.61 Å². The van der Waals surface area contributed by atoms with Crippen LogP contribution in [-0.4, -0.2) is 36.0 Å². The van der Waals surface area contributed by atoms with Crippen molar-refractivity contribution < 1.29 is 14.3 Å². The van der Waals surface area contributed by atoms with Gasteiger partial charge in [-0.15, -0.1) is 0 Å². The zero-order valence-electron chi connectivity index (χ0n) is 10.4. The predicted molar refractivity (Wildman–Crippen MR) is 62.9 cm³/mol. The van der Waals surface area contributed by atoms with Gasteiger partial charge in [-0.25, -0.2) is 0 Å². The van der Waals surface area contributed by atoms with E-state index in [4.69, 9.17) is 4.74 Å². The second-order valence-corrected chi connectivity index (χ2v) is 3.76. The third-order valence-corrected chi connectivity index (χ3v) is 2.18. The highest BCUT2D eigenvalue weighted by atomic mass is 16.5. The highest BCUT2D eigenvalue weighted by Gasteiger charge is 2.13. The van der Waals surface area contributed by atoms with Gasteiger partial charge < -0.3 is 9.64 Å². The minimum absolute atomic E-state index is 0.0863. The first-order chi connectivity index (χ1) is 7.52. The SMILES string of the molecule is C=CC(=O)N(CCCOC(=O)CC)C(C)C. The molecule has 0 rings (SSSR count). The van der Waals surface area contributed by atoms with Gasteiger partial charge in [0.25, 0.3) is 0 Å². The van der Waals surface area contributed by atoms with Crippen molar-refractivity contribution in [2.75, 3.05) is 13.2 Å². The maximum absolute atomic E-state index is 11.4. The molecule has 1 amide bonds. The molecule has 0 aliphatic heterocycles. The van der Waals surface area contributed by atoms with Gasteiger partial charge >= 0.3 is 5.97 Å². The molecule has 0 saturated carbocycles. The minimum atomic E-state index is -0.203. The lowest BCUT2D eigenvalue weighted by Gasteiger charge is -2.25. The Balaban J connectivity index is 3.90. The fraction of sp³-hybridized carbons (Fsp3) is 0.667. The smallest absolute Gasteiger partial charge is 0.305 e. The van der Waals surface area contributed by atoms with Crippen LogP contribution in [0.5, 0.6) is 0 Å².